The Morgan fingerprint density at radius 1 is 1.30 bits per heavy atom. The van der Waals surface area contributed by atoms with Gasteiger partial charge in [-0.25, -0.2) is 4.79 Å². The van der Waals surface area contributed by atoms with E-state index in [1.54, 1.807) is 4.68 Å². The SMILES string of the molecule is Cc1nn(C)c2sc(C(=O)NC3(C(=O)O)CCCCCC3)cc12. The summed E-state index contributed by atoms with van der Waals surface area (Å²) in [7, 11) is 1.84. The summed E-state index contributed by atoms with van der Waals surface area (Å²) in [6.07, 6.45) is 4.72. The number of carbonyl (C=O) groups excluding carboxylic acids is 1. The molecule has 0 saturated heterocycles. The third kappa shape index (κ3) is 2.85. The zero-order valence-electron chi connectivity index (χ0n) is 13.4. The van der Waals surface area contributed by atoms with Gasteiger partial charge in [-0.3, -0.25) is 9.48 Å². The van der Waals surface area contributed by atoms with Gasteiger partial charge in [0.25, 0.3) is 5.91 Å². The average Bonchev–Trinajstić information content (AvgIpc) is 2.95. The predicted octanol–water partition coefficient (Wildman–Crippen LogP) is 2.85. The molecule has 0 radical (unpaired) electrons. The summed E-state index contributed by atoms with van der Waals surface area (Å²) in [5.41, 5.74) is -0.253. The number of carboxylic acids is 1. The normalized spacial score (nSPS) is 17.8. The molecule has 124 valence electrons. The standard InChI is InChI=1S/C16H21N3O3S/c1-10-11-9-12(23-14(11)19(2)18-10)13(20)17-16(15(21)22)7-5-3-4-6-8-16/h9H,3-8H2,1-2H3,(H,17,20)(H,21,22). The van der Waals surface area contributed by atoms with E-state index in [4.69, 9.17) is 0 Å². The smallest absolute Gasteiger partial charge is 0.329 e. The summed E-state index contributed by atoms with van der Waals surface area (Å²) < 4.78 is 1.75. The molecule has 2 aromatic rings. The van der Waals surface area contributed by atoms with Gasteiger partial charge in [0, 0.05) is 12.4 Å². The van der Waals surface area contributed by atoms with E-state index in [-0.39, 0.29) is 5.91 Å². The lowest BCUT2D eigenvalue weighted by Crippen LogP contribution is -2.54. The molecule has 1 saturated carbocycles. The topological polar surface area (TPSA) is 84.2 Å². The average molecular weight is 335 g/mol. The minimum absolute atomic E-state index is 0.296. The summed E-state index contributed by atoms with van der Waals surface area (Å²) in [6, 6.07) is 1.81. The number of nitrogens with one attached hydrogen (secondary N) is 1. The number of amides is 1. The molecule has 1 amide bonds. The molecular weight excluding hydrogens is 314 g/mol. The summed E-state index contributed by atoms with van der Waals surface area (Å²) >= 11 is 1.35. The highest BCUT2D eigenvalue weighted by molar-refractivity contribution is 7.20. The molecule has 1 fully saturated rings. The van der Waals surface area contributed by atoms with Crippen molar-refractivity contribution in [3.05, 3.63) is 16.6 Å². The highest BCUT2D eigenvalue weighted by atomic mass is 32.1. The van der Waals surface area contributed by atoms with Crippen LogP contribution in [0.4, 0.5) is 0 Å². The van der Waals surface area contributed by atoms with Crippen LogP contribution >= 0.6 is 11.3 Å². The summed E-state index contributed by atoms with van der Waals surface area (Å²) in [4.78, 5) is 25.9. The van der Waals surface area contributed by atoms with E-state index in [9.17, 15) is 14.7 Å². The number of hydrogen-bond donors (Lipinski definition) is 2. The molecule has 0 aromatic carbocycles. The first-order chi connectivity index (χ1) is 10.9. The van der Waals surface area contributed by atoms with E-state index in [2.05, 4.69) is 10.4 Å². The first-order valence-electron chi connectivity index (χ1n) is 7.92. The number of hydrogen-bond acceptors (Lipinski definition) is 4. The minimum Gasteiger partial charge on any atom is -0.480 e. The Hall–Kier alpha value is -1.89. The monoisotopic (exact) mass is 335 g/mol. The number of nitrogens with zero attached hydrogens (tertiary/aromatic N) is 2. The molecule has 2 aromatic heterocycles. The molecule has 0 spiro atoms. The van der Waals surface area contributed by atoms with Gasteiger partial charge in [-0.2, -0.15) is 5.10 Å². The fourth-order valence-corrected chi connectivity index (χ4v) is 4.34. The highest BCUT2D eigenvalue weighted by Crippen LogP contribution is 2.31. The van der Waals surface area contributed by atoms with Gasteiger partial charge >= 0.3 is 5.97 Å². The van der Waals surface area contributed by atoms with E-state index in [1.165, 1.54) is 11.3 Å². The van der Waals surface area contributed by atoms with Crippen molar-refractivity contribution in [2.45, 2.75) is 51.0 Å². The lowest BCUT2D eigenvalue weighted by Gasteiger charge is -2.29. The Morgan fingerprint density at radius 3 is 2.52 bits per heavy atom. The van der Waals surface area contributed by atoms with Crippen molar-refractivity contribution in [2.24, 2.45) is 7.05 Å². The van der Waals surface area contributed by atoms with Crippen LogP contribution in [-0.2, 0) is 11.8 Å². The third-order valence-electron chi connectivity index (χ3n) is 4.64. The van der Waals surface area contributed by atoms with Crippen molar-refractivity contribution >= 4 is 33.4 Å². The maximum absolute atomic E-state index is 12.6. The van der Waals surface area contributed by atoms with Gasteiger partial charge in [0.1, 0.15) is 10.4 Å². The Labute approximate surface area is 138 Å². The van der Waals surface area contributed by atoms with E-state index < -0.39 is 11.5 Å². The van der Waals surface area contributed by atoms with E-state index in [0.29, 0.717) is 17.7 Å². The number of aliphatic carboxylic acids is 1. The number of thiophene rings is 1. The van der Waals surface area contributed by atoms with Crippen molar-refractivity contribution in [1.82, 2.24) is 15.1 Å². The Morgan fingerprint density at radius 2 is 1.96 bits per heavy atom. The van der Waals surface area contributed by atoms with E-state index in [0.717, 1.165) is 41.6 Å². The van der Waals surface area contributed by atoms with Crippen LogP contribution in [0.2, 0.25) is 0 Å². The Bertz CT molecular complexity index is 720. The number of aromatic nitrogens is 2. The molecular formula is C16H21N3O3S. The molecule has 0 atom stereocenters. The van der Waals surface area contributed by atoms with Gasteiger partial charge in [-0.15, -0.1) is 11.3 Å². The van der Waals surface area contributed by atoms with Crippen LogP contribution in [-0.4, -0.2) is 32.3 Å². The van der Waals surface area contributed by atoms with Crippen LogP contribution < -0.4 is 5.32 Å². The first kappa shape index (κ1) is 16.0. The fraction of sp³-hybridized carbons (Fsp3) is 0.562. The zero-order valence-corrected chi connectivity index (χ0v) is 14.2. The van der Waals surface area contributed by atoms with Gasteiger partial charge in [0.2, 0.25) is 0 Å². The molecule has 2 N–H and O–H groups in total. The maximum atomic E-state index is 12.6. The molecule has 2 heterocycles. The van der Waals surface area contributed by atoms with Crippen LogP contribution in [0.15, 0.2) is 6.07 Å². The number of carboxylic acid groups (broad SMARTS) is 1. The molecule has 1 aliphatic carbocycles. The van der Waals surface area contributed by atoms with Gasteiger partial charge in [-0.1, -0.05) is 25.7 Å². The first-order valence-corrected chi connectivity index (χ1v) is 8.74. The van der Waals surface area contributed by atoms with Gasteiger partial charge in [0.15, 0.2) is 0 Å². The van der Waals surface area contributed by atoms with Gasteiger partial charge < -0.3 is 10.4 Å². The lowest BCUT2D eigenvalue weighted by molar-refractivity contribution is -0.145. The maximum Gasteiger partial charge on any atom is 0.329 e. The Kier molecular flexibility index (Phi) is 4.14. The second kappa shape index (κ2) is 5.96. The van der Waals surface area contributed by atoms with Crippen molar-refractivity contribution in [3.8, 4) is 0 Å². The second-order valence-electron chi connectivity index (χ2n) is 6.29. The number of aryl methyl sites for hydroxylation is 2. The number of rotatable bonds is 3. The van der Waals surface area contributed by atoms with E-state index in [1.807, 2.05) is 20.0 Å². The summed E-state index contributed by atoms with van der Waals surface area (Å²) in [5, 5.41) is 17.8. The molecule has 23 heavy (non-hydrogen) atoms. The predicted molar refractivity (Wildman–Crippen MR) is 88.9 cm³/mol. The van der Waals surface area contributed by atoms with Gasteiger partial charge in [-0.05, 0) is 25.8 Å². The summed E-state index contributed by atoms with van der Waals surface area (Å²) in [5.74, 6) is -1.22. The molecule has 7 heteroatoms. The lowest BCUT2D eigenvalue weighted by atomic mass is 9.90. The van der Waals surface area contributed by atoms with Crippen LogP contribution in [0.1, 0.15) is 53.9 Å². The summed E-state index contributed by atoms with van der Waals surface area (Å²) in [6.45, 7) is 1.90. The fourth-order valence-electron chi connectivity index (χ4n) is 3.32. The van der Waals surface area contributed by atoms with Crippen molar-refractivity contribution in [3.63, 3.8) is 0 Å². The van der Waals surface area contributed by atoms with E-state index >= 15 is 0 Å². The zero-order chi connectivity index (χ0) is 16.6. The molecule has 0 aliphatic heterocycles. The molecule has 0 bridgehead atoms. The third-order valence-corrected chi connectivity index (χ3v) is 5.84. The van der Waals surface area contributed by atoms with Crippen LogP contribution in [0, 0.1) is 6.92 Å². The van der Waals surface area contributed by atoms with Crippen LogP contribution in [0.25, 0.3) is 10.2 Å². The molecule has 6 nitrogen and oxygen atoms in total. The second-order valence-corrected chi connectivity index (χ2v) is 7.32. The molecule has 1 aliphatic rings. The molecule has 0 unspecified atom stereocenters. The largest absolute Gasteiger partial charge is 0.480 e. The van der Waals surface area contributed by atoms with Gasteiger partial charge in [0.05, 0.1) is 10.6 Å². The number of fused-ring (bicyclic) bond motifs is 1. The van der Waals surface area contributed by atoms with Crippen LogP contribution in [0.3, 0.4) is 0 Å². The highest BCUT2D eigenvalue weighted by Gasteiger charge is 2.40. The molecule has 3 rings (SSSR count). The minimum atomic E-state index is -1.13. The van der Waals surface area contributed by atoms with Crippen molar-refractivity contribution in [1.29, 1.82) is 0 Å². The van der Waals surface area contributed by atoms with Crippen molar-refractivity contribution in [2.75, 3.05) is 0 Å². The Balaban J connectivity index is 1.88. The van der Waals surface area contributed by atoms with Crippen molar-refractivity contribution < 1.29 is 14.7 Å². The number of carbonyl (C=O) groups is 2. The quantitative estimate of drug-likeness (QED) is 0.845. The van der Waals surface area contributed by atoms with Crippen LogP contribution in [0.5, 0.6) is 0 Å².